The second kappa shape index (κ2) is 7.85. The van der Waals surface area contributed by atoms with Crippen LogP contribution in [0.15, 0.2) is 36.4 Å². The fraction of sp³-hybridized carbons (Fsp3) is 0.400. The van der Waals surface area contributed by atoms with Gasteiger partial charge in [0.25, 0.3) is 0 Å². The van der Waals surface area contributed by atoms with Crippen molar-refractivity contribution in [2.45, 2.75) is 12.5 Å². The van der Waals surface area contributed by atoms with Crippen molar-refractivity contribution in [3.05, 3.63) is 47.5 Å². The largest absolute Gasteiger partial charge is 0.504 e. The summed E-state index contributed by atoms with van der Waals surface area (Å²) in [7, 11) is 3.02. The molecule has 0 radical (unpaired) electrons. The zero-order valence-corrected chi connectivity index (χ0v) is 14.9. The highest BCUT2D eigenvalue weighted by Gasteiger charge is 2.38. The first kappa shape index (κ1) is 18.4. The molecule has 6 nitrogen and oxygen atoms in total. The van der Waals surface area contributed by atoms with E-state index < -0.39 is 0 Å². The number of ether oxygens (including phenoxy) is 3. The first-order valence-electron chi connectivity index (χ1n) is 8.52. The van der Waals surface area contributed by atoms with Gasteiger partial charge in [-0.2, -0.15) is 0 Å². The van der Waals surface area contributed by atoms with Gasteiger partial charge >= 0.3 is 0 Å². The van der Waals surface area contributed by atoms with Crippen molar-refractivity contribution < 1.29 is 29.5 Å². The number of hydrogen-bond acceptors (Lipinski definition) is 6. The Labute approximate surface area is 152 Å². The third kappa shape index (κ3) is 3.57. The zero-order chi connectivity index (χ0) is 18.7. The first-order valence-corrected chi connectivity index (χ1v) is 8.52. The van der Waals surface area contributed by atoms with Crippen molar-refractivity contribution in [3.8, 4) is 23.0 Å². The lowest BCUT2D eigenvalue weighted by Gasteiger charge is -2.22. The quantitative estimate of drug-likeness (QED) is 0.734. The van der Waals surface area contributed by atoms with E-state index in [1.54, 1.807) is 30.3 Å². The Morgan fingerprint density at radius 3 is 2.31 bits per heavy atom. The standard InChI is InChI=1S/C20H24O6/c1-24-18-8-12(3-5-16(18)22)7-14-11-26-20(15(14)10-21)13-4-6-17(23)19(9-13)25-2/h3-6,8-9,14-15,20-23H,7,10-11H2,1-2H3/t14-,15+,20+/m1/s1. The molecule has 2 aromatic rings. The van der Waals surface area contributed by atoms with Gasteiger partial charge in [-0.1, -0.05) is 12.1 Å². The second-order valence-electron chi connectivity index (χ2n) is 6.50. The molecule has 6 heteroatoms. The van der Waals surface area contributed by atoms with E-state index in [1.807, 2.05) is 6.07 Å². The highest BCUT2D eigenvalue weighted by atomic mass is 16.5. The van der Waals surface area contributed by atoms with Crippen LogP contribution in [-0.4, -0.2) is 42.8 Å². The van der Waals surface area contributed by atoms with E-state index in [-0.39, 0.29) is 36.0 Å². The van der Waals surface area contributed by atoms with Gasteiger partial charge in [-0.15, -0.1) is 0 Å². The molecular weight excluding hydrogens is 336 g/mol. The number of hydrogen-bond donors (Lipinski definition) is 3. The Morgan fingerprint density at radius 2 is 1.65 bits per heavy atom. The minimum absolute atomic E-state index is 0.00621. The number of methoxy groups -OCH3 is 2. The summed E-state index contributed by atoms with van der Waals surface area (Å²) in [6.45, 7) is 0.510. The highest BCUT2D eigenvalue weighted by molar-refractivity contribution is 5.43. The maximum Gasteiger partial charge on any atom is 0.160 e. The van der Waals surface area contributed by atoms with Crippen LogP contribution in [0.25, 0.3) is 0 Å². The average Bonchev–Trinajstić information content (AvgIpc) is 3.06. The van der Waals surface area contributed by atoms with Gasteiger partial charge in [-0.3, -0.25) is 0 Å². The van der Waals surface area contributed by atoms with Crippen molar-refractivity contribution in [3.63, 3.8) is 0 Å². The molecule has 1 fully saturated rings. The summed E-state index contributed by atoms with van der Waals surface area (Å²) in [5, 5.41) is 29.5. The molecule has 0 amide bonds. The van der Waals surface area contributed by atoms with Gasteiger partial charge in [-0.05, 0) is 47.7 Å². The number of aliphatic hydroxyl groups is 1. The first-order chi connectivity index (χ1) is 12.6. The molecular formula is C20H24O6. The fourth-order valence-electron chi connectivity index (χ4n) is 3.54. The molecule has 3 N–H and O–H groups in total. The number of aromatic hydroxyl groups is 2. The summed E-state index contributed by atoms with van der Waals surface area (Å²) in [5.74, 6) is 1.04. The molecule has 0 unspecified atom stereocenters. The summed E-state index contributed by atoms with van der Waals surface area (Å²) in [6.07, 6.45) is 0.437. The maximum absolute atomic E-state index is 9.95. The van der Waals surface area contributed by atoms with E-state index in [9.17, 15) is 15.3 Å². The van der Waals surface area contributed by atoms with Gasteiger partial charge in [0, 0.05) is 12.5 Å². The second-order valence-corrected chi connectivity index (χ2v) is 6.50. The summed E-state index contributed by atoms with van der Waals surface area (Å²) >= 11 is 0. The predicted molar refractivity (Wildman–Crippen MR) is 95.8 cm³/mol. The molecule has 3 atom stereocenters. The molecule has 140 valence electrons. The lowest BCUT2D eigenvalue weighted by molar-refractivity contribution is 0.0717. The molecule has 1 heterocycles. The van der Waals surface area contributed by atoms with E-state index >= 15 is 0 Å². The molecule has 3 rings (SSSR count). The summed E-state index contributed by atoms with van der Waals surface area (Å²) in [5.41, 5.74) is 1.88. The lowest BCUT2D eigenvalue weighted by atomic mass is 9.84. The van der Waals surface area contributed by atoms with Crippen LogP contribution in [0.4, 0.5) is 0 Å². The molecule has 1 aliphatic rings. The Hall–Kier alpha value is -2.44. The molecule has 0 aliphatic carbocycles. The third-order valence-corrected chi connectivity index (χ3v) is 4.97. The molecule has 2 aromatic carbocycles. The minimum Gasteiger partial charge on any atom is -0.504 e. The van der Waals surface area contributed by atoms with Gasteiger partial charge in [0.05, 0.1) is 26.9 Å². The molecule has 0 aromatic heterocycles. The monoisotopic (exact) mass is 360 g/mol. The van der Waals surface area contributed by atoms with Crippen LogP contribution < -0.4 is 9.47 Å². The highest BCUT2D eigenvalue weighted by Crippen LogP contribution is 2.42. The van der Waals surface area contributed by atoms with Crippen LogP contribution in [-0.2, 0) is 11.2 Å². The SMILES string of the molecule is COc1cc(C[C@@H]2CO[C@@H](c3ccc(O)c(OC)c3)[C@H]2CO)ccc1O. The van der Waals surface area contributed by atoms with Gasteiger partial charge < -0.3 is 29.5 Å². The smallest absolute Gasteiger partial charge is 0.160 e. The molecule has 26 heavy (non-hydrogen) atoms. The van der Waals surface area contributed by atoms with Crippen molar-refractivity contribution in [2.75, 3.05) is 27.4 Å². The predicted octanol–water partition coefficient (Wildman–Crippen LogP) is 2.65. The normalized spacial score (nSPS) is 22.3. The summed E-state index contributed by atoms with van der Waals surface area (Å²) in [6, 6.07) is 10.4. The number of phenols is 2. The third-order valence-electron chi connectivity index (χ3n) is 4.97. The van der Waals surface area contributed by atoms with Crippen LogP contribution in [0.3, 0.4) is 0 Å². The lowest BCUT2D eigenvalue weighted by Crippen LogP contribution is -2.21. The van der Waals surface area contributed by atoms with E-state index in [0.717, 1.165) is 11.1 Å². The summed E-state index contributed by atoms with van der Waals surface area (Å²) in [4.78, 5) is 0. The summed E-state index contributed by atoms with van der Waals surface area (Å²) < 4.78 is 16.3. The molecule has 0 saturated carbocycles. The van der Waals surface area contributed by atoms with E-state index in [4.69, 9.17) is 14.2 Å². The Bertz CT molecular complexity index is 760. The van der Waals surface area contributed by atoms with Crippen LogP contribution in [0.1, 0.15) is 17.2 Å². The van der Waals surface area contributed by atoms with Gasteiger partial charge in [0.15, 0.2) is 23.0 Å². The number of phenolic OH excluding ortho intramolecular Hbond substituents is 2. The Morgan fingerprint density at radius 1 is 1.00 bits per heavy atom. The van der Waals surface area contributed by atoms with Crippen molar-refractivity contribution >= 4 is 0 Å². The van der Waals surface area contributed by atoms with Crippen LogP contribution in [0.2, 0.25) is 0 Å². The van der Waals surface area contributed by atoms with Gasteiger partial charge in [-0.25, -0.2) is 0 Å². The molecule has 1 aliphatic heterocycles. The van der Waals surface area contributed by atoms with Crippen molar-refractivity contribution in [2.24, 2.45) is 11.8 Å². The molecule has 1 saturated heterocycles. The van der Waals surface area contributed by atoms with Crippen LogP contribution >= 0.6 is 0 Å². The number of benzene rings is 2. The zero-order valence-electron chi connectivity index (χ0n) is 14.9. The minimum atomic E-state index is -0.265. The van der Waals surface area contributed by atoms with E-state index in [0.29, 0.717) is 24.5 Å². The molecule has 0 bridgehead atoms. The van der Waals surface area contributed by atoms with E-state index in [1.165, 1.54) is 14.2 Å². The van der Waals surface area contributed by atoms with Crippen LogP contribution in [0.5, 0.6) is 23.0 Å². The topological polar surface area (TPSA) is 88.4 Å². The average molecular weight is 360 g/mol. The Kier molecular flexibility index (Phi) is 5.54. The van der Waals surface area contributed by atoms with Gasteiger partial charge in [0.2, 0.25) is 0 Å². The van der Waals surface area contributed by atoms with E-state index in [2.05, 4.69) is 0 Å². The fourth-order valence-corrected chi connectivity index (χ4v) is 3.54. The van der Waals surface area contributed by atoms with Crippen LogP contribution in [0, 0.1) is 11.8 Å². The number of aliphatic hydroxyl groups excluding tert-OH is 1. The molecule has 0 spiro atoms. The maximum atomic E-state index is 9.95. The number of rotatable bonds is 6. The van der Waals surface area contributed by atoms with Crippen molar-refractivity contribution in [1.29, 1.82) is 0 Å². The van der Waals surface area contributed by atoms with Crippen molar-refractivity contribution in [1.82, 2.24) is 0 Å². The Balaban J connectivity index is 1.79. The van der Waals surface area contributed by atoms with Gasteiger partial charge in [0.1, 0.15) is 0 Å².